The van der Waals surface area contributed by atoms with E-state index in [1.54, 1.807) is 60.7 Å². The number of carbonyl (C=O) groups excluding carboxylic acids is 2. The zero-order chi connectivity index (χ0) is 28.9. The van der Waals surface area contributed by atoms with Gasteiger partial charge in [-0.3, -0.25) is 18.7 Å². The molecular weight excluding hydrogens is 556 g/mol. The maximum Gasteiger partial charge on any atom is 0.294 e. The quantitative estimate of drug-likeness (QED) is 0.210. The van der Waals surface area contributed by atoms with E-state index < -0.39 is 41.8 Å². The summed E-state index contributed by atoms with van der Waals surface area (Å²) in [6, 6.07) is 24.2. The lowest BCUT2D eigenvalue weighted by molar-refractivity contribution is 0.101. The number of amides is 2. The minimum Gasteiger partial charge on any atom is -0.322 e. The van der Waals surface area contributed by atoms with Crippen LogP contribution in [-0.2, 0) is 33.1 Å². The van der Waals surface area contributed by atoms with Crippen LogP contribution < -0.4 is 10.6 Å². The summed E-state index contributed by atoms with van der Waals surface area (Å²) in [5.41, 5.74) is 0.743. The number of hydrogen-bond acceptors (Lipinski definition) is 6. The smallest absolute Gasteiger partial charge is 0.294 e. The number of hydrogen-bond donors (Lipinski definition) is 4. The highest BCUT2D eigenvalue weighted by Gasteiger charge is 2.24. The Balaban J connectivity index is 1.75. The fourth-order valence-electron chi connectivity index (χ4n) is 4.18. The fraction of sp³-hybridized carbons (Fsp3) is 0.0714. The average Bonchev–Trinajstić information content (AvgIpc) is 2.92. The van der Waals surface area contributed by atoms with E-state index in [0.717, 1.165) is 12.1 Å². The molecule has 0 saturated carbocycles. The Hall–Kier alpha value is -4.36. The van der Waals surface area contributed by atoms with Crippen molar-refractivity contribution in [3.8, 4) is 0 Å². The second-order valence-electron chi connectivity index (χ2n) is 8.65. The molecule has 10 nitrogen and oxygen atoms in total. The van der Waals surface area contributed by atoms with E-state index in [2.05, 4.69) is 10.6 Å². The Bertz CT molecular complexity index is 1640. The monoisotopic (exact) mass is 580 g/mol. The van der Waals surface area contributed by atoms with Gasteiger partial charge in [-0.15, -0.1) is 0 Å². The molecule has 0 saturated heterocycles. The van der Waals surface area contributed by atoms with Crippen LogP contribution in [0.1, 0.15) is 31.8 Å². The molecule has 0 aliphatic rings. The van der Waals surface area contributed by atoms with E-state index in [9.17, 15) is 35.5 Å². The Morgan fingerprint density at radius 1 is 0.525 bits per heavy atom. The van der Waals surface area contributed by atoms with Crippen molar-refractivity contribution in [2.75, 3.05) is 10.6 Å². The molecule has 206 valence electrons. The zero-order valence-corrected chi connectivity index (χ0v) is 22.4. The lowest BCUT2D eigenvalue weighted by Crippen LogP contribution is -2.17. The summed E-state index contributed by atoms with van der Waals surface area (Å²) in [7, 11) is -9.51. The van der Waals surface area contributed by atoms with Crippen molar-refractivity contribution >= 4 is 43.4 Å². The number of nitrogens with one attached hydrogen (secondary N) is 2. The van der Waals surface area contributed by atoms with Crippen LogP contribution in [-0.4, -0.2) is 37.8 Å². The first-order valence-corrected chi connectivity index (χ1v) is 14.7. The van der Waals surface area contributed by atoms with Gasteiger partial charge in [0.1, 0.15) is 0 Å². The highest BCUT2D eigenvalue weighted by Crippen LogP contribution is 2.30. The van der Waals surface area contributed by atoms with Crippen LogP contribution in [0.5, 0.6) is 0 Å². The van der Waals surface area contributed by atoms with Gasteiger partial charge < -0.3 is 10.6 Å². The molecule has 0 aliphatic carbocycles. The van der Waals surface area contributed by atoms with Crippen molar-refractivity contribution in [2.45, 2.75) is 22.6 Å². The van der Waals surface area contributed by atoms with Crippen LogP contribution in [0.4, 0.5) is 11.4 Å². The predicted molar refractivity (Wildman–Crippen MR) is 149 cm³/mol. The number of benzene rings is 4. The number of carbonyl (C=O) groups is 2. The lowest BCUT2D eigenvalue weighted by atomic mass is 10.0. The molecule has 12 heteroatoms. The lowest BCUT2D eigenvalue weighted by Gasteiger charge is -2.17. The van der Waals surface area contributed by atoms with Crippen molar-refractivity contribution in [1.29, 1.82) is 0 Å². The van der Waals surface area contributed by atoms with Crippen LogP contribution in [0.25, 0.3) is 0 Å². The molecule has 0 fully saturated rings. The van der Waals surface area contributed by atoms with Gasteiger partial charge in [-0.05, 0) is 72.5 Å². The standard InChI is InChI=1S/C28H24N2O8S2/c31-27(19-9-3-1-4-10-19)29-23-13-7-15-25(39(33,34)35)21(23)17-18-22-24(14-8-16-26(22)40(36,37)38)30-28(32)20-11-5-2-6-12-20/h1-16H,17-18H2,(H,29,31)(H,30,32)(H,33,34,35)(H,36,37,38). The van der Waals surface area contributed by atoms with Gasteiger partial charge in [-0.1, -0.05) is 48.5 Å². The first-order chi connectivity index (χ1) is 18.9. The van der Waals surface area contributed by atoms with E-state index in [0.29, 0.717) is 11.1 Å². The normalized spacial score (nSPS) is 11.6. The SMILES string of the molecule is O=C(Nc1cccc(S(=O)(=O)O)c1CCc1c(NC(=O)c2ccccc2)cccc1S(=O)(=O)O)c1ccccc1. The van der Waals surface area contributed by atoms with Gasteiger partial charge >= 0.3 is 0 Å². The highest BCUT2D eigenvalue weighted by molar-refractivity contribution is 7.86. The first-order valence-electron chi connectivity index (χ1n) is 11.9. The summed E-state index contributed by atoms with van der Waals surface area (Å²) in [5.74, 6) is -1.08. The summed E-state index contributed by atoms with van der Waals surface area (Å²) in [5, 5.41) is 5.27. The van der Waals surface area contributed by atoms with Crippen molar-refractivity contribution in [3.05, 3.63) is 119 Å². The van der Waals surface area contributed by atoms with Crippen molar-refractivity contribution in [2.24, 2.45) is 0 Å². The third-order valence-electron chi connectivity index (χ3n) is 6.02. The summed E-state index contributed by atoms with van der Waals surface area (Å²) in [4.78, 5) is 24.7. The van der Waals surface area contributed by atoms with Gasteiger partial charge in [0.05, 0.1) is 9.79 Å². The van der Waals surface area contributed by atoms with Crippen LogP contribution in [0.3, 0.4) is 0 Å². The van der Waals surface area contributed by atoms with E-state index in [-0.39, 0.29) is 35.3 Å². The molecule has 2 amide bonds. The molecule has 0 spiro atoms. The van der Waals surface area contributed by atoms with Crippen molar-refractivity contribution < 1.29 is 35.5 Å². The van der Waals surface area contributed by atoms with Gasteiger partial charge in [-0.2, -0.15) is 16.8 Å². The summed E-state index contributed by atoms with van der Waals surface area (Å²) in [6.07, 6.45) is -0.414. The molecule has 4 aromatic rings. The molecule has 4 rings (SSSR count). The van der Waals surface area contributed by atoms with Crippen molar-refractivity contribution in [1.82, 2.24) is 0 Å². The van der Waals surface area contributed by atoms with Crippen LogP contribution in [0.2, 0.25) is 0 Å². The number of anilines is 2. The van der Waals surface area contributed by atoms with Gasteiger partial charge in [0.25, 0.3) is 32.1 Å². The van der Waals surface area contributed by atoms with Crippen LogP contribution >= 0.6 is 0 Å². The minimum atomic E-state index is -4.75. The van der Waals surface area contributed by atoms with Gasteiger partial charge in [0.2, 0.25) is 0 Å². The van der Waals surface area contributed by atoms with E-state index in [1.807, 2.05) is 0 Å². The van der Waals surface area contributed by atoms with Gasteiger partial charge in [0.15, 0.2) is 0 Å². The Morgan fingerprint density at radius 3 is 1.20 bits per heavy atom. The second-order valence-corrected chi connectivity index (χ2v) is 11.4. The zero-order valence-electron chi connectivity index (χ0n) is 20.8. The molecule has 40 heavy (non-hydrogen) atoms. The maximum absolute atomic E-state index is 12.8. The van der Waals surface area contributed by atoms with E-state index in [4.69, 9.17) is 0 Å². The number of rotatable bonds is 9. The average molecular weight is 581 g/mol. The second kappa shape index (κ2) is 11.8. The third kappa shape index (κ3) is 6.79. The maximum atomic E-state index is 12.8. The molecule has 0 atom stereocenters. The molecule has 0 unspecified atom stereocenters. The van der Waals surface area contributed by atoms with E-state index >= 15 is 0 Å². The largest absolute Gasteiger partial charge is 0.322 e. The highest BCUT2D eigenvalue weighted by atomic mass is 32.2. The first kappa shape index (κ1) is 28.6. The molecule has 4 aromatic carbocycles. The summed E-state index contributed by atoms with van der Waals surface area (Å²) < 4.78 is 68.7. The van der Waals surface area contributed by atoms with Crippen LogP contribution in [0, 0.1) is 0 Å². The van der Waals surface area contributed by atoms with Crippen molar-refractivity contribution in [3.63, 3.8) is 0 Å². The van der Waals surface area contributed by atoms with Crippen LogP contribution in [0.15, 0.2) is 107 Å². The summed E-state index contributed by atoms with van der Waals surface area (Å²) >= 11 is 0. The molecular formula is C28H24N2O8S2. The van der Waals surface area contributed by atoms with E-state index in [1.165, 1.54) is 24.3 Å². The Kier molecular flexibility index (Phi) is 8.45. The van der Waals surface area contributed by atoms with Gasteiger partial charge in [0, 0.05) is 22.5 Å². The topological polar surface area (TPSA) is 167 Å². The third-order valence-corrected chi connectivity index (χ3v) is 7.89. The molecule has 0 aromatic heterocycles. The molecule has 0 bridgehead atoms. The molecule has 0 heterocycles. The fourth-order valence-corrected chi connectivity index (χ4v) is 5.73. The molecule has 4 N–H and O–H groups in total. The molecule has 0 radical (unpaired) electrons. The molecule has 0 aliphatic heterocycles. The van der Waals surface area contributed by atoms with Gasteiger partial charge in [-0.25, -0.2) is 0 Å². The Labute approximate surface area is 231 Å². The predicted octanol–water partition coefficient (Wildman–Crippen LogP) is 4.47. The summed E-state index contributed by atoms with van der Waals surface area (Å²) in [6.45, 7) is 0. The Morgan fingerprint density at radius 2 is 0.875 bits per heavy atom. The minimum absolute atomic E-state index is 0.000224.